The van der Waals surface area contributed by atoms with Crippen molar-refractivity contribution < 1.29 is 24.5 Å². The van der Waals surface area contributed by atoms with E-state index in [-0.39, 0.29) is 27.8 Å². The molecule has 116 valence electrons. The maximum Gasteiger partial charge on any atom is 0.314 e. The Morgan fingerprint density at radius 1 is 1.24 bits per heavy atom. The van der Waals surface area contributed by atoms with Crippen LogP contribution in [0.3, 0.4) is 0 Å². The van der Waals surface area contributed by atoms with Gasteiger partial charge >= 0.3 is 5.97 Å². The molecule has 0 aromatic heterocycles. The fraction of sp³-hybridized carbons (Fsp3) is 0.533. The molecule has 0 bridgehead atoms. The van der Waals surface area contributed by atoms with Gasteiger partial charge in [-0.3, -0.25) is 4.79 Å². The minimum atomic E-state index is -1.17. The highest BCUT2D eigenvalue weighted by Crippen LogP contribution is 2.52. The number of halogens is 1. The molecule has 0 unspecified atom stereocenters. The first-order valence-corrected chi connectivity index (χ1v) is 7.23. The molecule has 0 aliphatic heterocycles. The second kappa shape index (κ2) is 6.02. The number of methoxy groups -OCH3 is 2. The fourth-order valence-electron chi connectivity index (χ4n) is 3.13. The van der Waals surface area contributed by atoms with Crippen LogP contribution in [0.25, 0.3) is 0 Å². The summed E-state index contributed by atoms with van der Waals surface area (Å²) < 4.78 is 10.3. The maximum absolute atomic E-state index is 11.9. The van der Waals surface area contributed by atoms with Gasteiger partial charge in [-0.15, -0.1) is 0 Å². The van der Waals surface area contributed by atoms with Gasteiger partial charge in [0.1, 0.15) is 0 Å². The Bertz CT molecular complexity index is 549. The van der Waals surface area contributed by atoms with Crippen LogP contribution in [0, 0.1) is 0 Å². The summed E-state index contributed by atoms with van der Waals surface area (Å²) in [4.78, 5) is 11.9. The van der Waals surface area contributed by atoms with Crippen molar-refractivity contribution in [1.29, 1.82) is 0 Å². The van der Waals surface area contributed by atoms with Gasteiger partial charge in [0, 0.05) is 11.6 Å². The monoisotopic (exact) mass is 314 g/mol. The van der Waals surface area contributed by atoms with Crippen molar-refractivity contribution in [1.82, 2.24) is 0 Å². The van der Waals surface area contributed by atoms with Crippen molar-refractivity contribution in [2.75, 3.05) is 14.2 Å². The first-order valence-electron chi connectivity index (χ1n) is 6.85. The highest BCUT2D eigenvalue weighted by Gasteiger charge is 2.45. The number of ether oxygens (including phenoxy) is 2. The van der Waals surface area contributed by atoms with E-state index in [9.17, 15) is 15.0 Å². The number of phenols is 1. The third-order valence-electron chi connectivity index (χ3n) is 4.19. The predicted molar refractivity (Wildman–Crippen MR) is 78.6 cm³/mol. The summed E-state index contributed by atoms with van der Waals surface area (Å²) in [5.41, 5.74) is -0.937. The molecule has 1 aromatic rings. The average molecular weight is 315 g/mol. The van der Waals surface area contributed by atoms with Crippen LogP contribution in [0.4, 0.5) is 0 Å². The summed E-state index contributed by atoms with van der Waals surface area (Å²) in [6, 6.07) is 1.49. The molecule has 0 saturated heterocycles. The Hall–Kier alpha value is -1.62. The molecule has 0 heterocycles. The fourth-order valence-corrected chi connectivity index (χ4v) is 3.50. The van der Waals surface area contributed by atoms with Crippen LogP contribution in [0.2, 0.25) is 5.02 Å². The summed E-state index contributed by atoms with van der Waals surface area (Å²) in [6.45, 7) is 0. The van der Waals surface area contributed by atoms with E-state index in [4.69, 9.17) is 21.1 Å². The molecule has 0 spiro atoms. The van der Waals surface area contributed by atoms with Crippen LogP contribution in [0.15, 0.2) is 6.07 Å². The van der Waals surface area contributed by atoms with Crippen LogP contribution >= 0.6 is 11.6 Å². The lowest BCUT2D eigenvalue weighted by Gasteiger charge is -2.35. The second-order valence-electron chi connectivity index (χ2n) is 5.27. The predicted octanol–water partition coefficient (Wildman–Crippen LogP) is 3.35. The van der Waals surface area contributed by atoms with Crippen molar-refractivity contribution in [3.63, 3.8) is 0 Å². The minimum Gasteiger partial charge on any atom is -0.504 e. The molecule has 1 aromatic carbocycles. The number of carboxylic acids is 1. The van der Waals surface area contributed by atoms with Crippen LogP contribution in [0.5, 0.6) is 17.2 Å². The number of carbonyl (C=O) groups is 1. The smallest absolute Gasteiger partial charge is 0.314 e. The number of rotatable bonds is 4. The number of hydrogen-bond donors (Lipinski definition) is 2. The second-order valence-corrected chi connectivity index (χ2v) is 5.67. The SMILES string of the molecule is COc1cc(Cl)c(C2(C(=O)O)CCCCC2)c(O)c1OC. The van der Waals surface area contributed by atoms with E-state index in [0.29, 0.717) is 12.8 Å². The van der Waals surface area contributed by atoms with E-state index in [2.05, 4.69) is 0 Å². The average Bonchev–Trinajstić information content (AvgIpc) is 2.47. The quantitative estimate of drug-likeness (QED) is 0.891. The number of hydrogen-bond acceptors (Lipinski definition) is 4. The number of aromatic hydroxyl groups is 1. The van der Waals surface area contributed by atoms with Crippen LogP contribution in [0.1, 0.15) is 37.7 Å². The Kier molecular flexibility index (Phi) is 4.52. The Morgan fingerprint density at radius 2 is 1.86 bits per heavy atom. The minimum absolute atomic E-state index is 0.114. The van der Waals surface area contributed by atoms with Crippen LogP contribution in [-0.2, 0) is 10.2 Å². The van der Waals surface area contributed by atoms with E-state index >= 15 is 0 Å². The lowest BCUT2D eigenvalue weighted by atomic mass is 9.69. The molecule has 6 heteroatoms. The summed E-state index contributed by atoms with van der Waals surface area (Å²) in [6.07, 6.45) is 3.46. The zero-order chi connectivity index (χ0) is 15.6. The molecular formula is C15H19ClO5. The third kappa shape index (κ3) is 2.50. The van der Waals surface area contributed by atoms with E-state index in [0.717, 1.165) is 19.3 Å². The van der Waals surface area contributed by atoms with Gasteiger partial charge in [0.15, 0.2) is 11.5 Å². The summed E-state index contributed by atoms with van der Waals surface area (Å²) in [5, 5.41) is 20.4. The van der Waals surface area contributed by atoms with Gasteiger partial charge in [-0.2, -0.15) is 0 Å². The number of carboxylic acid groups (broad SMARTS) is 1. The zero-order valence-electron chi connectivity index (χ0n) is 12.1. The highest BCUT2D eigenvalue weighted by molar-refractivity contribution is 6.32. The zero-order valence-corrected chi connectivity index (χ0v) is 12.9. The van der Waals surface area contributed by atoms with E-state index in [1.807, 2.05) is 0 Å². The molecule has 2 rings (SSSR count). The molecule has 0 amide bonds. The van der Waals surface area contributed by atoms with E-state index < -0.39 is 11.4 Å². The molecule has 21 heavy (non-hydrogen) atoms. The Morgan fingerprint density at radius 3 is 2.33 bits per heavy atom. The molecular weight excluding hydrogens is 296 g/mol. The number of aliphatic carboxylic acids is 1. The maximum atomic E-state index is 11.9. The normalized spacial score (nSPS) is 17.3. The summed E-state index contributed by atoms with van der Waals surface area (Å²) in [5.74, 6) is -0.819. The van der Waals surface area contributed by atoms with E-state index in [1.54, 1.807) is 0 Å². The van der Waals surface area contributed by atoms with Gasteiger partial charge < -0.3 is 19.7 Å². The Labute approximate surface area is 128 Å². The molecule has 0 atom stereocenters. The van der Waals surface area contributed by atoms with Gasteiger partial charge in [0.25, 0.3) is 0 Å². The number of benzene rings is 1. The molecule has 1 saturated carbocycles. The van der Waals surface area contributed by atoms with Gasteiger partial charge in [-0.1, -0.05) is 30.9 Å². The summed E-state index contributed by atoms with van der Waals surface area (Å²) >= 11 is 6.25. The topological polar surface area (TPSA) is 76.0 Å². The molecule has 0 radical (unpaired) electrons. The van der Waals surface area contributed by atoms with Crippen LogP contribution < -0.4 is 9.47 Å². The van der Waals surface area contributed by atoms with E-state index in [1.165, 1.54) is 20.3 Å². The first-order chi connectivity index (χ1) is 9.97. The first kappa shape index (κ1) is 15.8. The van der Waals surface area contributed by atoms with Crippen LogP contribution in [-0.4, -0.2) is 30.4 Å². The van der Waals surface area contributed by atoms with Crippen molar-refractivity contribution in [3.05, 3.63) is 16.7 Å². The lowest BCUT2D eigenvalue weighted by molar-refractivity contribution is -0.145. The molecule has 1 aliphatic carbocycles. The van der Waals surface area contributed by atoms with Gasteiger partial charge in [0.05, 0.1) is 24.7 Å². The van der Waals surface area contributed by atoms with Crippen molar-refractivity contribution in [2.45, 2.75) is 37.5 Å². The highest BCUT2D eigenvalue weighted by atomic mass is 35.5. The van der Waals surface area contributed by atoms with Crippen molar-refractivity contribution in [3.8, 4) is 17.2 Å². The number of phenolic OH excluding ortho intramolecular Hbond substituents is 1. The standard InChI is InChI=1S/C15H19ClO5/c1-20-10-8-9(16)11(12(17)13(10)21-2)15(14(18)19)6-4-3-5-7-15/h8,17H,3-7H2,1-2H3,(H,18,19). The summed E-state index contributed by atoms with van der Waals surface area (Å²) in [7, 11) is 2.82. The molecule has 2 N–H and O–H groups in total. The largest absolute Gasteiger partial charge is 0.504 e. The molecule has 5 nitrogen and oxygen atoms in total. The Balaban J connectivity index is 2.69. The van der Waals surface area contributed by atoms with Gasteiger partial charge in [0.2, 0.25) is 5.75 Å². The molecule has 1 fully saturated rings. The lowest BCUT2D eigenvalue weighted by Crippen LogP contribution is -2.38. The van der Waals surface area contributed by atoms with Gasteiger partial charge in [-0.05, 0) is 12.8 Å². The molecule has 1 aliphatic rings. The van der Waals surface area contributed by atoms with Crippen molar-refractivity contribution in [2.24, 2.45) is 0 Å². The van der Waals surface area contributed by atoms with Gasteiger partial charge in [-0.25, -0.2) is 0 Å². The third-order valence-corrected chi connectivity index (χ3v) is 4.49. The van der Waals surface area contributed by atoms with Crippen molar-refractivity contribution >= 4 is 17.6 Å².